The molecule has 8 nitrogen and oxygen atoms in total. The quantitative estimate of drug-likeness (QED) is 0.141. The SMILES string of the molecule is CN1c2ccccc2-n2c(-c3ccccc3)nc3c(P(=O)(c4ccccc4)c4ccccc4)ccc1c32.CN1c2ccccc2-n2c(-c3ccccc3)nc3cc(P(=O)(c4ccccc4)c4ccccc4)cc1c32. The van der Waals surface area contributed by atoms with E-state index in [2.05, 4.69) is 118 Å². The molecule has 0 saturated heterocycles. The molecule has 10 aromatic carbocycles. The summed E-state index contributed by atoms with van der Waals surface area (Å²) in [5.41, 5.74) is 12.0. The molecule has 2 aliphatic rings. The van der Waals surface area contributed by atoms with Crippen LogP contribution in [0.3, 0.4) is 0 Å². The monoisotopic (exact) mass is 994 g/mol. The number of hydrogen-bond acceptors (Lipinski definition) is 6. The fourth-order valence-corrected chi connectivity index (χ4v) is 16.3. The molecule has 2 aliphatic heterocycles. The molecule has 0 aliphatic carbocycles. The van der Waals surface area contributed by atoms with Gasteiger partial charge in [-0.25, -0.2) is 9.97 Å². The molecule has 0 saturated carbocycles. The second kappa shape index (κ2) is 18.0. The fraction of sp³-hybridized carbons (Fsp3) is 0.0312. The third-order valence-electron chi connectivity index (χ3n) is 14.4. The lowest BCUT2D eigenvalue weighted by molar-refractivity contribution is 0.591. The molecular formula is C64H48N6O2P2. The molecule has 0 N–H and O–H groups in total. The molecule has 356 valence electrons. The molecule has 0 radical (unpaired) electrons. The van der Waals surface area contributed by atoms with Crippen LogP contribution in [-0.4, -0.2) is 33.2 Å². The van der Waals surface area contributed by atoms with Crippen molar-refractivity contribution in [3.05, 3.63) is 255 Å². The Morgan fingerprint density at radius 2 is 0.703 bits per heavy atom. The minimum absolute atomic E-state index is 0.757. The smallest absolute Gasteiger partial charge is 0.173 e. The summed E-state index contributed by atoms with van der Waals surface area (Å²) in [6, 6.07) is 84.8. The largest absolute Gasteiger partial charge is 0.341 e. The summed E-state index contributed by atoms with van der Waals surface area (Å²) in [5, 5.41) is 4.77. The Bertz CT molecular complexity index is 4080. The Morgan fingerprint density at radius 1 is 0.324 bits per heavy atom. The number of para-hydroxylation sites is 4. The van der Waals surface area contributed by atoms with Gasteiger partial charge in [0, 0.05) is 57.0 Å². The van der Waals surface area contributed by atoms with E-state index in [0.717, 1.165) is 111 Å². The zero-order chi connectivity index (χ0) is 50.0. The summed E-state index contributed by atoms with van der Waals surface area (Å²) < 4.78 is 35.1. The lowest BCUT2D eigenvalue weighted by Crippen LogP contribution is -2.27. The Labute approximate surface area is 429 Å². The zero-order valence-corrected chi connectivity index (χ0v) is 42.4. The normalized spacial score (nSPS) is 12.5. The maximum absolute atomic E-state index is 15.4. The summed E-state index contributed by atoms with van der Waals surface area (Å²) in [6.45, 7) is 0. The minimum atomic E-state index is -3.22. The number of aromatic nitrogens is 4. The van der Waals surface area contributed by atoms with Crippen molar-refractivity contribution in [1.29, 1.82) is 0 Å². The summed E-state index contributed by atoms with van der Waals surface area (Å²) in [4.78, 5) is 14.8. The molecule has 2 aromatic heterocycles. The van der Waals surface area contributed by atoms with E-state index in [4.69, 9.17) is 9.97 Å². The topological polar surface area (TPSA) is 76.3 Å². The van der Waals surface area contributed by atoms with Gasteiger partial charge in [-0.15, -0.1) is 0 Å². The molecule has 0 atom stereocenters. The molecule has 0 bridgehead atoms. The van der Waals surface area contributed by atoms with Gasteiger partial charge in [-0.1, -0.05) is 206 Å². The van der Waals surface area contributed by atoms with Crippen LogP contribution in [0.2, 0.25) is 0 Å². The molecule has 0 amide bonds. The lowest BCUT2D eigenvalue weighted by Gasteiger charge is -2.31. The third-order valence-corrected chi connectivity index (χ3v) is 20.5. The van der Waals surface area contributed by atoms with Crippen LogP contribution >= 0.6 is 14.3 Å². The average molecular weight is 995 g/mol. The van der Waals surface area contributed by atoms with Gasteiger partial charge in [-0.05, 0) is 48.5 Å². The summed E-state index contributed by atoms with van der Waals surface area (Å²) in [5.74, 6) is 1.72. The third kappa shape index (κ3) is 7.05. The van der Waals surface area contributed by atoms with Crippen molar-refractivity contribution in [2.45, 2.75) is 0 Å². The average Bonchev–Trinajstić information content (AvgIpc) is 4.09. The van der Waals surface area contributed by atoms with Crippen LogP contribution < -0.4 is 41.6 Å². The van der Waals surface area contributed by atoms with Crippen LogP contribution in [0.15, 0.2) is 255 Å². The first-order chi connectivity index (χ1) is 36.3. The number of hydrogen-bond donors (Lipinski definition) is 0. The highest BCUT2D eigenvalue weighted by atomic mass is 31.2. The summed E-state index contributed by atoms with van der Waals surface area (Å²) >= 11 is 0. The Kier molecular flexibility index (Phi) is 11.0. The number of nitrogens with zero attached hydrogens (tertiary/aromatic N) is 6. The molecule has 0 unspecified atom stereocenters. The molecule has 0 fully saturated rings. The minimum Gasteiger partial charge on any atom is -0.341 e. The van der Waals surface area contributed by atoms with E-state index in [-0.39, 0.29) is 0 Å². The van der Waals surface area contributed by atoms with Gasteiger partial charge in [-0.3, -0.25) is 9.13 Å². The molecule has 10 heteroatoms. The predicted octanol–water partition coefficient (Wildman–Crippen LogP) is 12.8. The lowest BCUT2D eigenvalue weighted by atomic mass is 10.1. The van der Waals surface area contributed by atoms with Crippen LogP contribution in [0.1, 0.15) is 0 Å². The van der Waals surface area contributed by atoms with Crippen LogP contribution in [0.5, 0.6) is 0 Å². The van der Waals surface area contributed by atoms with Gasteiger partial charge >= 0.3 is 0 Å². The molecule has 12 aromatic rings. The van der Waals surface area contributed by atoms with Gasteiger partial charge in [0.25, 0.3) is 0 Å². The Hall–Kier alpha value is -8.80. The maximum Gasteiger partial charge on any atom is 0.173 e. The highest BCUT2D eigenvalue weighted by Crippen LogP contribution is 2.51. The molecule has 74 heavy (non-hydrogen) atoms. The first kappa shape index (κ1) is 45.1. The van der Waals surface area contributed by atoms with Crippen LogP contribution in [0.25, 0.3) is 56.2 Å². The number of fused-ring (bicyclic) bond motifs is 4. The van der Waals surface area contributed by atoms with E-state index < -0.39 is 14.3 Å². The molecular weight excluding hydrogens is 947 g/mol. The number of anilines is 4. The standard InChI is InChI=1S/2C32H24N3OP/c1-34-28-19-11-12-20-29(28)35-31-27(33-32(35)23-13-5-2-6-14-23)21-26(22-30(31)34)37(36,24-15-7-3-8-16-24)25-17-9-4-10-18-25;1-34-26-19-11-12-20-27(26)35-31-28(34)21-22-29(30(31)33-32(35)23-13-5-2-6-14-23)37(36,24-15-7-3-8-16-24)25-17-9-4-10-18-25/h2*2-22H,1H3. The summed E-state index contributed by atoms with van der Waals surface area (Å²) in [7, 11) is -2.23. The maximum atomic E-state index is 15.4. The van der Waals surface area contributed by atoms with Gasteiger partial charge < -0.3 is 18.9 Å². The van der Waals surface area contributed by atoms with Crippen molar-refractivity contribution in [3.63, 3.8) is 0 Å². The molecule has 14 rings (SSSR count). The van der Waals surface area contributed by atoms with Gasteiger partial charge in [0.05, 0.1) is 50.7 Å². The Morgan fingerprint density at radius 3 is 1.18 bits per heavy atom. The van der Waals surface area contributed by atoms with E-state index in [9.17, 15) is 0 Å². The second-order valence-electron chi connectivity index (χ2n) is 18.6. The van der Waals surface area contributed by atoms with Gasteiger partial charge in [0.15, 0.2) is 14.3 Å². The van der Waals surface area contributed by atoms with E-state index >= 15 is 9.13 Å². The van der Waals surface area contributed by atoms with Crippen LogP contribution in [0.4, 0.5) is 22.7 Å². The van der Waals surface area contributed by atoms with Crippen molar-refractivity contribution in [3.8, 4) is 34.2 Å². The molecule has 4 heterocycles. The molecule has 0 spiro atoms. The van der Waals surface area contributed by atoms with Crippen molar-refractivity contribution in [2.75, 3.05) is 23.9 Å². The first-order valence-corrected chi connectivity index (χ1v) is 28.1. The fourth-order valence-electron chi connectivity index (χ4n) is 10.9. The van der Waals surface area contributed by atoms with Crippen LogP contribution in [0, 0.1) is 0 Å². The zero-order valence-electron chi connectivity index (χ0n) is 40.6. The van der Waals surface area contributed by atoms with E-state index in [1.54, 1.807) is 0 Å². The Balaban J connectivity index is 0.000000143. The van der Waals surface area contributed by atoms with Crippen molar-refractivity contribution < 1.29 is 9.13 Å². The van der Waals surface area contributed by atoms with Gasteiger partial charge in [0.2, 0.25) is 0 Å². The number of rotatable bonds is 8. The first-order valence-electron chi connectivity index (χ1n) is 24.7. The van der Waals surface area contributed by atoms with Gasteiger partial charge in [-0.2, -0.15) is 0 Å². The van der Waals surface area contributed by atoms with E-state index in [0.29, 0.717) is 0 Å². The van der Waals surface area contributed by atoms with E-state index in [1.807, 2.05) is 170 Å². The number of imidazole rings is 2. The van der Waals surface area contributed by atoms with E-state index in [1.165, 1.54) is 0 Å². The predicted molar refractivity (Wildman–Crippen MR) is 308 cm³/mol. The van der Waals surface area contributed by atoms with Crippen molar-refractivity contribution in [1.82, 2.24) is 19.1 Å². The highest BCUT2D eigenvalue weighted by Gasteiger charge is 2.37. The second-order valence-corrected chi connectivity index (χ2v) is 24.1. The van der Waals surface area contributed by atoms with Crippen molar-refractivity contribution >= 4 is 90.9 Å². The van der Waals surface area contributed by atoms with Crippen LogP contribution in [-0.2, 0) is 9.13 Å². The highest BCUT2D eigenvalue weighted by molar-refractivity contribution is 7.86. The van der Waals surface area contributed by atoms with Gasteiger partial charge in [0.1, 0.15) is 17.2 Å². The summed E-state index contributed by atoms with van der Waals surface area (Å²) in [6.07, 6.45) is 0. The number of benzene rings is 10. The van der Waals surface area contributed by atoms with Crippen molar-refractivity contribution in [2.24, 2.45) is 0 Å².